The van der Waals surface area contributed by atoms with Crippen molar-refractivity contribution in [3.63, 3.8) is 0 Å². The first-order valence-electron chi connectivity index (χ1n) is 8.20. The van der Waals surface area contributed by atoms with E-state index in [1.54, 1.807) is 0 Å². The van der Waals surface area contributed by atoms with E-state index in [0.717, 1.165) is 52.2 Å². The van der Waals surface area contributed by atoms with E-state index in [9.17, 15) is 4.79 Å². The van der Waals surface area contributed by atoms with Gasteiger partial charge in [-0.15, -0.1) is 0 Å². The molecule has 122 valence electrons. The minimum Gasteiger partial charge on any atom is -0.379 e. The van der Waals surface area contributed by atoms with Crippen LogP contribution in [0.15, 0.2) is 0 Å². The number of carbonyl (C=O) groups excluding carboxylic acids is 1. The topological polar surface area (TPSA) is 56.8 Å². The molecule has 0 saturated carbocycles. The third-order valence-corrected chi connectivity index (χ3v) is 4.40. The van der Waals surface area contributed by atoms with Crippen LogP contribution in [0.3, 0.4) is 0 Å². The third-order valence-electron chi connectivity index (χ3n) is 4.40. The fourth-order valence-electron chi connectivity index (χ4n) is 2.88. The summed E-state index contributed by atoms with van der Waals surface area (Å²) in [4.78, 5) is 17.0. The smallest absolute Gasteiger partial charge is 0.227 e. The fraction of sp³-hybridized carbons (Fsp3) is 0.933. The first-order chi connectivity index (χ1) is 10.2. The second-order valence-electron chi connectivity index (χ2n) is 6.14. The van der Waals surface area contributed by atoms with E-state index < -0.39 is 0 Å². The molecule has 2 rings (SSSR count). The number of hydrogen-bond acceptors (Lipinski definition) is 5. The quantitative estimate of drug-likeness (QED) is 0.655. The molecular formula is C15H30N4O2. The summed E-state index contributed by atoms with van der Waals surface area (Å²) in [7, 11) is 2.16. The molecule has 2 aliphatic rings. The van der Waals surface area contributed by atoms with E-state index in [1.807, 2.05) is 0 Å². The Balaban J connectivity index is 1.64. The molecule has 2 saturated heterocycles. The highest BCUT2D eigenvalue weighted by atomic mass is 16.5. The van der Waals surface area contributed by atoms with Gasteiger partial charge >= 0.3 is 0 Å². The summed E-state index contributed by atoms with van der Waals surface area (Å²) in [5, 5.41) is 6.48. The average Bonchev–Trinajstić information content (AvgIpc) is 2.95. The van der Waals surface area contributed by atoms with Crippen molar-refractivity contribution in [2.24, 2.45) is 5.92 Å². The molecule has 0 spiro atoms. The van der Waals surface area contributed by atoms with Crippen LogP contribution in [0.25, 0.3) is 0 Å². The fourth-order valence-corrected chi connectivity index (χ4v) is 2.88. The summed E-state index contributed by atoms with van der Waals surface area (Å²) >= 11 is 0. The van der Waals surface area contributed by atoms with Gasteiger partial charge in [-0.1, -0.05) is 6.92 Å². The molecular weight excluding hydrogens is 268 g/mol. The maximum atomic E-state index is 12.3. The molecule has 0 aromatic carbocycles. The van der Waals surface area contributed by atoms with Crippen molar-refractivity contribution in [2.75, 3.05) is 66.1 Å². The molecule has 2 heterocycles. The van der Waals surface area contributed by atoms with E-state index in [-0.39, 0.29) is 17.9 Å². The van der Waals surface area contributed by atoms with Gasteiger partial charge in [0.1, 0.15) is 0 Å². The first kappa shape index (κ1) is 16.7. The normalized spacial score (nSPS) is 27.9. The van der Waals surface area contributed by atoms with Gasteiger partial charge in [0.25, 0.3) is 0 Å². The first-order valence-corrected chi connectivity index (χ1v) is 8.20. The summed E-state index contributed by atoms with van der Waals surface area (Å²) < 4.78 is 5.46. The molecule has 6 nitrogen and oxygen atoms in total. The van der Waals surface area contributed by atoms with Gasteiger partial charge in [-0.3, -0.25) is 9.69 Å². The molecule has 0 bridgehead atoms. The predicted molar refractivity (Wildman–Crippen MR) is 83.3 cm³/mol. The monoisotopic (exact) mass is 298 g/mol. The van der Waals surface area contributed by atoms with Crippen molar-refractivity contribution >= 4 is 5.91 Å². The van der Waals surface area contributed by atoms with Crippen molar-refractivity contribution in [2.45, 2.75) is 19.4 Å². The summed E-state index contributed by atoms with van der Waals surface area (Å²) in [6.45, 7) is 10.4. The summed E-state index contributed by atoms with van der Waals surface area (Å²) in [5.41, 5.74) is 0. The van der Waals surface area contributed by atoms with Gasteiger partial charge in [0.05, 0.1) is 19.1 Å². The summed E-state index contributed by atoms with van der Waals surface area (Å²) in [5.74, 6) is 0.0965. The maximum Gasteiger partial charge on any atom is 0.227 e. The lowest BCUT2D eigenvalue weighted by Crippen LogP contribution is -2.48. The minimum absolute atomic E-state index is 0.0379. The Morgan fingerprint density at radius 3 is 2.67 bits per heavy atom. The molecule has 0 aromatic rings. The number of carbonyl (C=O) groups is 1. The molecule has 6 heteroatoms. The van der Waals surface area contributed by atoms with Crippen molar-refractivity contribution in [1.29, 1.82) is 0 Å². The molecule has 0 aromatic heterocycles. The Morgan fingerprint density at radius 1 is 1.19 bits per heavy atom. The van der Waals surface area contributed by atoms with Gasteiger partial charge in [0.2, 0.25) is 5.91 Å². The van der Waals surface area contributed by atoms with E-state index in [4.69, 9.17) is 4.74 Å². The summed E-state index contributed by atoms with van der Waals surface area (Å²) in [6.07, 6.45) is 1.08. The number of nitrogens with zero attached hydrogens (tertiary/aromatic N) is 2. The standard InChI is InChI=1S/C15H30N4O2/c1-3-4-16-14-12-21-11-13(14)15(20)17-5-6-19-9-7-18(2)8-10-19/h13-14,16H,3-12H2,1-2H3,(H,17,20). The number of rotatable bonds is 7. The molecule has 2 aliphatic heterocycles. The van der Waals surface area contributed by atoms with Crippen LogP contribution in [-0.4, -0.2) is 87.8 Å². The molecule has 2 fully saturated rings. The zero-order chi connectivity index (χ0) is 15.1. The Labute approximate surface area is 128 Å². The van der Waals surface area contributed by atoms with Crippen LogP contribution < -0.4 is 10.6 Å². The molecule has 2 atom stereocenters. The molecule has 0 radical (unpaired) electrons. The highest BCUT2D eigenvalue weighted by Crippen LogP contribution is 2.13. The second kappa shape index (κ2) is 8.68. The van der Waals surface area contributed by atoms with E-state index in [0.29, 0.717) is 13.2 Å². The highest BCUT2D eigenvalue weighted by molar-refractivity contribution is 5.79. The van der Waals surface area contributed by atoms with Crippen LogP contribution in [0, 0.1) is 5.92 Å². The maximum absolute atomic E-state index is 12.3. The Hall–Kier alpha value is -0.690. The lowest BCUT2D eigenvalue weighted by atomic mass is 10.0. The number of piperazine rings is 1. The van der Waals surface area contributed by atoms with Gasteiger partial charge in [0, 0.05) is 45.3 Å². The molecule has 1 amide bonds. The minimum atomic E-state index is -0.0379. The van der Waals surface area contributed by atoms with Crippen molar-refractivity contribution < 1.29 is 9.53 Å². The van der Waals surface area contributed by atoms with Gasteiger partial charge in [-0.25, -0.2) is 0 Å². The number of hydrogen-bond donors (Lipinski definition) is 2. The van der Waals surface area contributed by atoms with Gasteiger partial charge < -0.3 is 20.3 Å². The van der Waals surface area contributed by atoms with Crippen LogP contribution in [0.2, 0.25) is 0 Å². The number of likely N-dealkylation sites (N-methyl/N-ethyl adjacent to an activating group) is 1. The van der Waals surface area contributed by atoms with Gasteiger partial charge in [-0.05, 0) is 20.0 Å². The van der Waals surface area contributed by atoms with Crippen LogP contribution >= 0.6 is 0 Å². The van der Waals surface area contributed by atoms with Crippen LogP contribution in [0.5, 0.6) is 0 Å². The lowest BCUT2D eigenvalue weighted by molar-refractivity contribution is -0.125. The highest BCUT2D eigenvalue weighted by Gasteiger charge is 2.33. The molecule has 21 heavy (non-hydrogen) atoms. The Kier molecular flexibility index (Phi) is 6.89. The van der Waals surface area contributed by atoms with E-state index >= 15 is 0 Å². The molecule has 2 N–H and O–H groups in total. The van der Waals surface area contributed by atoms with Crippen molar-refractivity contribution in [3.05, 3.63) is 0 Å². The number of nitrogens with one attached hydrogen (secondary N) is 2. The van der Waals surface area contributed by atoms with E-state index in [1.165, 1.54) is 0 Å². The van der Waals surface area contributed by atoms with Crippen LogP contribution in [0.1, 0.15) is 13.3 Å². The van der Waals surface area contributed by atoms with Crippen molar-refractivity contribution in [1.82, 2.24) is 20.4 Å². The van der Waals surface area contributed by atoms with Crippen LogP contribution in [-0.2, 0) is 9.53 Å². The molecule has 0 aliphatic carbocycles. The summed E-state index contributed by atoms with van der Waals surface area (Å²) in [6, 6.07) is 0.175. The number of amides is 1. The second-order valence-corrected chi connectivity index (χ2v) is 6.14. The Bertz CT molecular complexity index is 319. The SMILES string of the molecule is CCCNC1COCC1C(=O)NCCN1CCN(C)CC1. The van der Waals surface area contributed by atoms with Crippen molar-refractivity contribution in [3.8, 4) is 0 Å². The average molecular weight is 298 g/mol. The van der Waals surface area contributed by atoms with Gasteiger partial charge in [0.15, 0.2) is 0 Å². The largest absolute Gasteiger partial charge is 0.379 e. The third kappa shape index (κ3) is 5.21. The van der Waals surface area contributed by atoms with Gasteiger partial charge in [-0.2, -0.15) is 0 Å². The van der Waals surface area contributed by atoms with E-state index in [2.05, 4.69) is 34.4 Å². The Morgan fingerprint density at radius 2 is 1.95 bits per heavy atom. The lowest BCUT2D eigenvalue weighted by Gasteiger charge is -2.32. The predicted octanol–water partition coefficient (Wildman–Crippen LogP) is -0.635. The zero-order valence-electron chi connectivity index (χ0n) is 13.4. The zero-order valence-corrected chi connectivity index (χ0v) is 13.4. The van der Waals surface area contributed by atoms with Crippen LogP contribution in [0.4, 0.5) is 0 Å². The number of ether oxygens (including phenoxy) is 1. The molecule has 2 unspecified atom stereocenters.